The average Bonchev–Trinajstić information content (AvgIpc) is 2.49. The quantitative estimate of drug-likeness (QED) is 0.774. The number of anilines is 2. The summed E-state index contributed by atoms with van der Waals surface area (Å²) in [5, 5.41) is 0. The lowest BCUT2D eigenvalue weighted by Gasteiger charge is -2.10. The van der Waals surface area contributed by atoms with Gasteiger partial charge in [0.15, 0.2) is 0 Å². The molecule has 0 aliphatic heterocycles. The molecule has 2 heterocycles. The Bertz CT molecular complexity index is 717. The van der Waals surface area contributed by atoms with E-state index in [-0.39, 0.29) is 0 Å². The third kappa shape index (κ3) is 3.41. The first-order valence-corrected chi connectivity index (χ1v) is 7.18. The van der Waals surface area contributed by atoms with Gasteiger partial charge < -0.3 is 11.5 Å². The first kappa shape index (κ1) is 14.1. The van der Waals surface area contributed by atoms with Crippen LogP contribution in [-0.2, 0) is 12.8 Å². The summed E-state index contributed by atoms with van der Waals surface area (Å²) in [6, 6.07) is 16.2. The lowest BCUT2D eigenvalue weighted by molar-refractivity contribution is 1.08. The third-order valence-corrected chi connectivity index (χ3v) is 3.60. The Hall–Kier alpha value is -2.88. The summed E-state index contributed by atoms with van der Waals surface area (Å²) in [4.78, 5) is 8.08. The summed E-state index contributed by atoms with van der Waals surface area (Å²) in [7, 11) is 0. The van der Waals surface area contributed by atoms with Gasteiger partial charge in [0, 0.05) is 12.4 Å². The van der Waals surface area contributed by atoms with Crippen molar-refractivity contribution in [1.82, 2.24) is 9.97 Å². The number of nitrogen functional groups attached to an aromatic ring is 2. The molecular formula is C18H18N4. The Morgan fingerprint density at radius 3 is 1.55 bits per heavy atom. The monoisotopic (exact) mass is 290 g/mol. The van der Waals surface area contributed by atoms with Crippen molar-refractivity contribution >= 4 is 11.6 Å². The second-order valence-corrected chi connectivity index (χ2v) is 5.30. The van der Waals surface area contributed by atoms with E-state index < -0.39 is 0 Å². The molecule has 0 aliphatic rings. The first-order valence-electron chi connectivity index (χ1n) is 7.18. The summed E-state index contributed by atoms with van der Waals surface area (Å²) in [5.41, 5.74) is 16.4. The number of nitrogens with zero attached hydrogens (tertiary/aromatic N) is 2. The topological polar surface area (TPSA) is 77.8 Å². The smallest absolute Gasteiger partial charge is 0.123 e. The molecule has 110 valence electrons. The number of pyridine rings is 2. The lowest BCUT2D eigenvalue weighted by Crippen LogP contribution is -1.99. The second kappa shape index (κ2) is 6.26. The molecule has 0 unspecified atom stereocenters. The summed E-state index contributed by atoms with van der Waals surface area (Å²) in [5.74, 6) is 1.11. The van der Waals surface area contributed by atoms with Crippen LogP contribution in [0.2, 0.25) is 0 Å². The minimum Gasteiger partial charge on any atom is -0.384 e. The van der Waals surface area contributed by atoms with Crippen LogP contribution in [0.1, 0.15) is 22.3 Å². The molecule has 4 nitrogen and oxygen atoms in total. The van der Waals surface area contributed by atoms with Crippen molar-refractivity contribution in [3.63, 3.8) is 0 Å². The van der Waals surface area contributed by atoms with Gasteiger partial charge in [-0.3, -0.25) is 0 Å². The van der Waals surface area contributed by atoms with Crippen LogP contribution in [-0.4, -0.2) is 9.97 Å². The number of rotatable bonds is 4. The molecule has 22 heavy (non-hydrogen) atoms. The van der Waals surface area contributed by atoms with Gasteiger partial charge in [-0.2, -0.15) is 0 Å². The number of hydrogen-bond donors (Lipinski definition) is 2. The molecule has 0 radical (unpaired) electrons. The molecule has 4 heteroatoms. The molecule has 0 fully saturated rings. The fourth-order valence-electron chi connectivity index (χ4n) is 2.55. The molecular weight excluding hydrogens is 272 g/mol. The maximum atomic E-state index is 5.76. The van der Waals surface area contributed by atoms with Crippen LogP contribution < -0.4 is 11.5 Å². The zero-order valence-electron chi connectivity index (χ0n) is 12.2. The summed E-state index contributed by atoms with van der Waals surface area (Å²) in [6.45, 7) is 0. The lowest BCUT2D eigenvalue weighted by atomic mass is 9.96. The minimum absolute atomic E-state index is 0.553. The van der Waals surface area contributed by atoms with E-state index in [0.29, 0.717) is 11.6 Å². The van der Waals surface area contributed by atoms with Gasteiger partial charge in [-0.25, -0.2) is 9.97 Å². The number of benzene rings is 1. The van der Waals surface area contributed by atoms with Crippen molar-refractivity contribution in [3.05, 3.63) is 83.2 Å². The van der Waals surface area contributed by atoms with E-state index in [1.807, 2.05) is 24.3 Å². The molecule has 0 atom stereocenters. The van der Waals surface area contributed by atoms with E-state index in [9.17, 15) is 0 Å². The largest absolute Gasteiger partial charge is 0.384 e. The van der Waals surface area contributed by atoms with Crippen LogP contribution >= 0.6 is 0 Å². The number of hydrogen-bond acceptors (Lipinski definition) is 4. The Balaban J connectivity index is 1.86. The van der Waals surface area contributed by atoms with Crippen LogP contribution in [0, 0.1) is 0 Å². The van der Waals surface area contributed by atoms with Crippen molar-refractivity contribution < 1.29 is 0 Å². The molecule has 1 aromatic carbocycles. The third-order valence-electron chi connectivity index (χ3n) is 3.60. The zero-order valence-corrected chi connectivity index (χ0v) is 12.2. The molecule has 0 spiro atoms. The van der Waals surface area contributed by atoms with Gasteiger partial charge in [-0.15, -0.1) is 0 Å². The molecule has 2 aromatic heterocycles. The van der Waals surface area contributed by atoms with E-state index in [4.69, 9.17) is 11.5 Å². The highest BCUT2D eigenvalue weighted by Crippen LogP contribution is 2.19. The molecule has 3 aromatic rings. The van der Waals surface area contributed by atoms with Crippen molar-refractivity contribution in [2.24, 2.45) is 0 Å². The number of nitrogens with two attached hydrogens (primary N) is 2. The Morgan fingerprint density at radius 2 is 1.14 bits per heavy atom. The fourth-order valence-corrected chi connectivity index (χ4v) is 2.55. The molecule has 3 rings (SSSR count). The SMILES string of the molecule is Nc1cc(Cc2ccccc2Cc2ccnc(N)c2)ccn1. The highest BCUT2D eigenvalue weighted by atomic mass is 14.8. The van der Waals surface area contributed by atoms with E-state index in [2.05, 4.69) is 34.2 Å². The Labute approximate surface area is 129 Å². The van der Waals surface area contributed by atoms with Gasteiger partial charge in [0.25, 0.3) is 0 Å². The van der Waals surface area contributed by atoms with Crippen molar-refractivity contribution in [2.45, 2.75) is 12.8 Å². The van der Waals surface area contributed by atoms with Crippen LogP contribution in [0.5, 0.6) is 0 Å². The van der Waals surface area contributed by atoms with E-state index >= 15 is 0 Å². The second-order valence-electron chi connectivity index (χ2n) is 5.30. The average molecular weight is 290 g/mol. The van der Waals surface area contributed by atoms with Gasteiger partial charge in [0.1, 0.15) is 11.6 Å². The van der Waals surface area contributed by atoms with Gasteiger partial charge in [-0.1, -0.05) is 24.3 Å². The van der Waals surface area contributed by atoms with Crippen molar-refractivity contribution in [1.29, 1.82) is 0 Å². The van der Waals surface area contributed by atoms with Gasteiger partial charge in [0.05, 0.1) is 0 Å². The standard InChI is InChI=1S/C18H18N4/c19-17-11-13(5-7-21-17)9-15-3-1-2-4-16(15)10-14-6-8-22-18(20)12-14/h1-8,11-12H,9-10H2,(H2,19,21)(H2,20,22). The van der Waals surface area contributed by atoms with Crippen LogP contribution in [0.4, 0.5) is 11.6 Å². The van der Waals surface area contributed by atoms with E-state index in [1.165, 1.54) is 11.1 Å². The first-order chi connectivity index (χ1) is 10.7. The van der Waals surface area contributed by atoms with Crippen molar-refractivity contribution in [3.8, 4) is 0 Å². The number of aromatic nitrogens is 2. The van der Waals surface area contributed by atoms with Gasteiger partial charge in [-0.05, 0) is 59.4 Å². The maximum Gasteiger partial charge on any atom is 0.123 e. The van der Waals surface area contributed by atoms with Gasteiger partial charge in [0.2, 0.25) is 0 Å². The molecule has 0 amide bonds. The zero-order chi connectivity index (χ0) is 15.4. The predicted molar refractivity (Wildman–Crippen MR) is 89.4 cm³/mol. The van der Waals surface area contributed by atoms with E-state index in [1.54, 1.807) is 12.4 Å². The molecule has 0 saturated carbocycles. The Kier molecular flexibility index (Phi) is 4.01. The van der Waals surface area contributed by atoms with Crippen LogP contribution in [0.15, 0.2) is 60.9 Å². The molecule has 0 aliphatic carbocycles. The maximum absolute atomic E-state index is 5.76. The van der Waals surface area contributed by atoms with Crippen molar-refractivity contribution in [2.75, 3.05) is 11.5 Å². The predicted octanol–water partition coefficient (Wildman–Crippen LogP) is 2.82. The Morgan fingerprint density at radius 1 is 0.682 bits per heavy atom. The normalized spacial score (nSPS) is 10.5. The highest BCUT2D eigenvalue weighted by molar-refractivity contribution is 5.41. The van der Waals surface area contributed by atoms with Gasteiger partial charge >= 0.3 is 0 Å². The highest BCUT2D eigenvalue weighted by Gasteiger charge is 2.05. The summed E-state index contributed by atoms with van der Waals surface area (Å²) in [6.07, 6.45) is 5.17. The summed E-state index contributed by atoms with van der Waals surface area (Å²) >= 11 is 0. The molecule has 4 N–H and O–H groups in total. The van der Waals surface area contributed by atoms with Crippen LogP contribution in [0.3, 0.4) is 0 Å². The minimum atomic E-state index is 0.553. The summed E-state index contributed by atoms with van der Waals surface area (Å²) < 4.78 is 0. The molecule has 0 bridgehead atoms. The molecule has 0 saturated heterocycles. The van der Waals surface area contributed by atoms with Crippen LogP contribution in [0.25, 0.3) is 0 Å². The fraction of sp³-hybridized carbons (Fsp3) is 0.111. The van der Waals surface area contributed by atoms with E-state index in [0.717, 1.165) is 24.0 Å².